The van der Waals surface area contributed by atoms with Crippen LogP contribution < -0.4 is 0 Å². The van der Waals surface area contributed by atoms with Gasteiger partial charge in [0.25, 0.3) is 0 Å². The molecule has 31 heavy (non-hydrogen) atoms. The van der Waals surface area contributed by atoms with Gasteiger partial charge in [0.1, 0.15) is 11.9 Å². The number of allylic oxidation sites excluding steroid dienone is 1. The Morgan fingerprint density at radius 1 is 1.03 bits per heavy atom. The van der Waals surface area contributed by atoms with Crippen molar-refractivity contribution in [2.24, 2.45) is 0 Å². The minimum Gasteiger partial charge on any atom is -0.342 e. The quantitative estimate of drug-likeness (QED) is 0.361. The van der Waals surface area contributed by atoms with Crippen LogP contribution in [0.1, 0.15) is 28.1 Å². The smallest absolute Gasteiger partial charge is 0.149 e. The van der Waals surface area contributed by atoms with E-state index in [0.717, 1.165) is 39.6 Å². The standard InChI is InChI=1S/C27H22N4/c1-18-7-10-20(11-8-18)16-31-17-22(23-5-3-4-6-26(23)31)14-21(15-28)27-29-24-12-9-19(2)13-25(24)30-27/h3-14,17H,16H2,1-2H3,(H,29,30). The third-order valence-corrected chi connectivity index (χ3v) is 5.61. The largest absolute Gasteiger partial charge is 0.342 e. The predicted molar refractivity (Wildman–Crippen MR) is 127 cm³/mol. The minimum absolute atomic E-state index is 0.520. The Labute approximate surface area is 181 Å². The molecule has 4 nitrogen and oxygen atoms in total. The molecule has 3 aromatic carbocycles. The number of imidazole rings is 1. The summed E-state index contributed by atoms with van der Waals surface area (Å²) < 4.78 is 2.24. The molecule has 0 spiro atoms. The summed E-state index contributed by atoms with van der Waals surface area (Å²) in [5.74, 6) is 0.596. The van der Waals surface area contributed by atoms with E-state index in [-0.39, 0.29) is 0 Å². The Bertz CT molecular complexity index is 1470. The lowest BCUT2D eigenvalue weighted by Gasteiger charge is -2.06. The SMILES string of the molecule is Cc1ccc(Cn2cc(C=C(C#N)c3nc4ccc(C)cc4[nH]3)c3ccccc32)cc1. The van der Waals surface area contributed by atoms with Crippen molar-refractivity contribution in [1.29, 1.82) is 5.26 Å². The van der Waals surface area contributed by atoms with Crippen LogP contribution in [0.4, 0.5) is 0 Å². The number of fused-ring (bicyclic) bond motifs is 2. The van der Waals surface area contributed by atoms with Crippen LogP contribution in [-0.4, -0.2) is 14.5 Å². The van der Waals surface area contributed by atoms with Gasteiger partial charge in [-0.1, -0.05) is 54.1 Å². The summed E-state index contributed by atoms with van der Waals surface area (Å²) in [6, 6.07) is 25.3. The van der Waals surface area contributed by atoms with Crippen molar-refractivity contribution >= 4 is 33.6 Å². The van der Waals surface area contributed by atoms with Crippen molar-refractivity contribution in [3.05, 3.63) is 101 Å². The molecule has 4 heteroatoms. The Hall–Kier alpha value is -4.10. The molecule has 0 saturated carbocycles. The van der Waals surface area contributed by atoms with Crippen LogP contribution in [0.5, 0.6) is 0 Å². The van der Waals surface area contributed by atoms with E-state index in [1.807, 2.05) is 43.3 Å². The van der Waals surface area contributed by atoms with Crippen LogP contribution in [0.2, 0.25) is 0 Å². The molecular weight excluding hydrogens is 380 g/mol. The zero-order chi connectivity index (χ0) is 21.4. The lowest BCUT2D eigenvalue weighted by Crippen LogP contribution is -1.97. The van der Waals surface area contributed by atoms with Gasteiger partial charge in [0.05, 0.1) is 16.6 Å². The maximum absolute atomic E-state index is 9.88. The van der Waals surface area contributed by atoms with Gasteiger partial charge in [-0.2, -0.15) is 5.26 Å². The number of nitrogens with zero attached hydrogens (tertiary/aromatic N) is 3. The molecule has 0 amide bonds. The van der Waals surface area contributed by atoms with E-state index >= 15 is 0 Å². The highest BCUT2D eigenvalue weighted by molar-refractivity contribution is 5.98. The van der Waals surface area contributed by atoms with Gasteiger partial charge in [0.2, 0.25) is 0 Å². The van der Waals surface area contributed by atoms with Gasteiger partial charge in [-0.15, -0.1) is 0 Å². The van der Waals surface area contributed by atoms with Gasteiger partial charge < -0.3 is 9.55 Å². The van der Waals surface area contributed by atoms with Crippen molar-refractivity contribution in [3.8, 4) is 6.07 Å². The Morgan fingerprint density at radius 3 is 2.61 bits per heavy atom. The number of hydrogen-bond acceptors (Lipinski definition) is 2. The fraction of sp³-hybridized carbons (Fsp3) is 0.111. The summed E-state index contributed by atoms with van der Waals surface area (Å²) in [5.41, 5.74) is 8.14. The van der Waals surface area contributed by atoms with Gasteiger partial charge in [0, 0.05) is 29.2 Å². The van der Waals surface area contributed by atoms with Crippen LogP contribution in [0.25, 0.3) is 33.6 Å². The number of nitrogens with one attached hydrogen (secondary N) is 1. The number of H-pyrrole nitrogens is 1. The van der Waals surface area contributed by atoms with Crippen molar-refractivity contribution < 1.29 is 0 Å². The van der Waals surface area contributed by atoms with Gasteiger partial charge in [-0.25, -0.2) is 4.98 Å². The normalized spacial score (nSPS) is 11.8. The average Bonchev–Trinajstić information content (AvgIpc) is 3.35. The molecule has 0 bridgehead atoms. The molecule has 0 aliphatic rings. The molecule has 0 fully saturated rings. The van der Waals surface area contributed by atoms with Gasteiger partial charge >= 0.3 is 0 Å². The highest BCUT2D eigenvalue weighted by Crippen LogP contribution is 2.27. The summed E-state index contributed by atoms with van der Waals surface area (Å²) in [5, 5.41) is 11.0. The first-order valence-corrected chi connectivity index (χ1v) is 10.3. The van der Waals surface area contributed by atoms with Crippen LogP contribution in [-0.2, 0) is 6.54 Å². The number of aromatic amines is 1. The van der Waals surface area contributed by atoms with Gasteiger partial charge in [-0.3, -0.25) is 0 Å². The average molecular weight is 403 g/mol. The van der Waals surface area contributed by atoms with E-state index in [4.69, 9.17) is 0 Å². The number of nitriles is 1. The first-order valence-electron chi connectivity index (χ1n) is 10.3. The highest BCUT2D eigenvalue weighted by atomic mass is 15.0. The monoisotopic (exact) mass is 402 g/mol. The minimum atomic E-state index is 0.520. The molecule has 0 atom stereocenters. The third kappa shape index (κ3) is 3.62. The second kappa shape index (κ2) is 7.62. The van der Waals surface area contributed by atoms with Gasteiger partial charge in [0.15, 0.2) is 0 Å². The highest BCUT2D eigenvalue weighted by Gasteiger charge is 2.12. The second-order valence-corrected chi connectivity index (χ2v) is 7.99. The second-order valence-electron chi connectivity index (χ2n) is 7.99. The van der Waals surface area contributed by atoms with Gasteiger partial charge in [-0.05, 0) is 49.2 Å². The number of aryl methyl sites for hydroxylation is 2. The summed E-state index contributed by atoms with van der Waals surface area (Å²) >= 11 is 0. The summed E-state index contributed by atoms with van der Waals surface area (Å²) in [6.45, 7) is 4.92. The van der Waals surface area contributed by atoms with E-state index in [9.17, 15) is 5.26 Å². The molecule has 0 aliphatic heterocycles. The summed E-state index contributed by atoms with van der Waals surface area (Å²) in [6.07, 6.45) is 4.05. The molecule has 5 rings (SSSR count). The van der Waals surface area contributed by atoms with Crippen molar-refractivity contribution in [1.82, 2.24) is 14.5 Å². The van der Waals surface area contributed by atoms with Crippen molar-refractivity contribution in [3.63, 3.8) is 0 Å². The van der Waals surface area contributed by atoms with E-state index in [2.05, 4.69) is 70.1 Å². The maximum atomic E-state index is 9.88. The molecule has 0 saturated heterocycles. The Balaban J connectivity index is 1.59. The molecule has 0 unspecified atom stereocenters. The number of para-hydroxylation sites is 1. The lowest BCUT2D eigenvalue weighted by molar-refractivity contribution is 0.836. The number of rotatable bonds is 4. The van der Waals surface area contributed by atoms with Crippen LogP contribution in [0.3, 0.4) is 0 Å². The molecule has 0 aliphatic carbocycles. The number of benzene rings is 3. The van der Waals surface area contributed by atoms with E-state index in [1.54, 1.807) is 0 Å². The Morgan fingerprint density at radius 2 is 1.81 bits per heavy atom. The fourth-order valence-electron chi connectivity index (χ4n) is 3.97. The first-order chi connectivity index (χ1) is 15.1. The van der Waals surface area contributed by atoms with E-state index < -0.39 is 0 Å². The molecule has 5 aromatic rings. The maximum Gasteiger partial charge on any atom is 0.149 e. The molecule has 150 valence electrons. The molecule has 0 radical (unpaired) electrons. The zero-order valence-corrected chi connectivity index (χ0v) is 17.6. The summed E-state index contributed by atoms with van der Waals surface area (Å²) in [4.78, 5) is 7.93. The van der Waals surface area contributed by atoms with Crippen LogP contribution in [0.15, 0.2) is 72.9 Å². The lowest BCUT2D eigenvalue weighted by atomic mass is 10.1. The third-order valence-electron chi connectivity index (χ3n) is 5.61. The zero-order valence-electron chi connectivity index (χ0n) is 17.6. The molecule has 2 heterocycles. The van der Waals surface area contributed by atoms with Crippen LogP contribution in [0, 0.1) is 25.2 Å². The Kier molecular flexibility index (Phi) is 4.65. The molecule has 2 aromatic heterocycles. The fourth-order valence-corrected chi connectivity index (χ4v) is 3.97. The molecule has 1 N–H and O–H groups in total. The predicted octanol–water partition coefficient (Wildman–Crippen LogP) is 6.25. The topological polar surface area (TPSA) is 57.4 Å². The van der Waals surface area contributed by atoms with Crippen molar-refractivity contribution in [2.45, 2.75) is 20.4 Å². The van der Waals surface area contributed by atoms with E-state index in [0.29, 0.717) is 11.4 Å². The molecular formula is C27H22N4. The first kappa shape index (κ1) is 18.9. The number of aromatic nitrogens is 3. The summed E-state index contributed by atoms with van der Waals surface area (Å²) in [7, 11) is 0. The number of hydrogen-bond donors (Lipinski definition) is 1. The van der Waals surface area contributed by atoms with Crippen LogP contribution >= 0.6 is 0 Å². The van der Waals surface area contributed by atoms with Crippen molar-refractivity contribution in [2.75, 3.05) is 0 Å². The van der Waals surface area contributed by atoms with E-state index in [1.165, 1.54) is 11.1 Å².